The van der Waals surface area contributed by atoms with Gasteiger partial charge in [-0.25, -0.2) is 8.42 Å². The van der Waals surface area contributed by atoms with E-state index in [1.807, 2.05) is 20.8 Å². The number of carboxylic acid groups (broad SMARTS) is 1. The van der Waals surface area contributed by atoms with E-state index in [0.717, 1.165) is 4.31 Å². The van der Waals surface area contributed by atoms with Crippen LogP contribution in [0.25, 0.3) is 0 Å². The third kappa shape index (κ3) is 3.59. The predicted octanol–water partition coefficient (Wildman–Crippen LogP) is 1.21. The maximum atomic E-state index is 12.2. The number of thioether (sulfide) groups is 1. The number of hydrogen-bond donors (Lipinski definition) is 1. The van der Waals surface area contributed by atoms with E-state index in [1.165, 1.54) is 11.8 Å². The average molecular weight is 281 g/mol. The molecule has 1 rings (SSSR count). The largest absolute Gasteiger partial charge is 0.480 e. The maximum Gasteiger partial charge on any atom is 0.322 e. The Morgan fingerprint density at radius 1 is 1.47 bits per heavy atom. The molecule has 1 heterocycles. The van der Waals surface area contributed by atoms with Crippen molar-refractivity contribution in [2.75, 3.05) is 11.5 Å². The van der Waals surface area contributed by atoms with Crippen LogP contribution in [0.4, 0.5) is 0 Å². The van der Waals surface area contributed by atoms with Gasteiger partial charge in [0.25, 0.3) is 0 Å². The van der Waals surface area contributed by atoms with E-state index in [-0.39, 0.29) is 16.5 Å². The van der Waals surface area contributed by atoms with Crippen molar-refractivity contribution in [3.8, 4) is 0 Å². The lowest BCUT2D eigenvalue weighted by molar-refractivity contribution is -0.140. The second-order valence-corrected chi connectivity index (χ2v) is 8.66. The first-order chi connectivity index (χ1) is 7.54. The molecule has 1 aliphatic heterocycles. The van der Waals surface area contributed by atoms with Crippen molar-refractivity contribution in [1.29, 1.82) is 0 Å². The number of hydrogen-bond acceptors (Lipinski definition) is 4. The van der Waals surface area contributed by atoms with Gasteiger partial charge in [0, 0.05) is 5.75 Å². The molecule has 5 nitrogen and oxygen atoms in total. The van der Waals surface area contributed by atoms with Crippen molar-refractivity contribution in [2.45, 2.75) is 39.1 Å². The van der Waals surface area contributed by atoms with E-state index < -0.39 is 22.0 Å². The zero-order valence-corrected chi connectivity index (χ0v) is 12.1. The molecule has 0 aliphatic carbocycles. The van der Waals surface area contributed by atoms with Gasteiger partial charge in [0.2, 0.25) is 10.0 Å². The molecule has 1 saturated heterocycles. The van der Waals surface area contributed by atoms with Crippen LogP contribution in [-0.4, -0.2) is 46.7 Å². The van der Waals surface area contributed by atoms with Gasteiger partial charge in [-0.05, 0) is 12.3 Å². The molecule has 100 valence electrons. The van der Waals surface area contributed by atoms with Gasteiger partial charge in [-0.3, -0.25) is 4.79 Å². The number of carboxylic acids is 1. The van der Waals surface area contributed by atoms with Gasteiger partial charge >= 0.3 is 5.97 Å². The van der Waals surface area contributed by atoms with Crippen LogP contribution in [0.3, 0.4) is 0 Å². The molecule has 0 aromatic carbocycles. The van der Waals surface area contributed by atoms with Gasteiger partial charge < -0.3 is 5.11 Å². The number of aliphatic carboxylic acids is 1. The van der Waals surface area contributed by atoms with Crippen LogP contribution in [0.1, 0.15) is 27.7 Å². The molecular formula is C10H19NO4S2. The van der Waals surface area contributed by atoms with Crippen LogP contribution in [0.15, 0.2) is 0 Å². The van der Waals surface area contributed by atoms with Crippen molar-refractivity contribution < 1.29 is 18.3 Å². The summed E-state index contributed by atoms with van der Waals surface area (Å²) in [6, 6.07) is -0.928. The van der Waals surface area contributed by atoms with Gasteiger partial charge in [-0.2, -0.15) is 4.31 Å². The van der Waals surface area contributed by atoms with Crippen LogP contribution < -0.4 is 0 Å². The minimum Gasteiger partial charge on any atom is -0.480 e. The molecule has 0 bridgehead atoms. The van der Waals surface area contributed by atoms with Crippen molar-refractivity contribution in [1.82, 2.24) is 4.31 Å². The Morgan fingerprint density at radius 2 is 2.00 bits per heavy atom. The smallest absolute Gasteiger partial charge is 0.322 e. The van der Waals surface area contributed by atoms with E-state index in [0.29, 0.717) is 5.75 Å². The maximum absolute atomic E-state index is 12.2. The molecule has 0 saturated carbocycles. The van der Waals surface area contributed by atoms with Crippen molar-refractivity contribution in [3.05, 3.63) is 0 Å². The Kier molecular flexibility index (Phi) is 4.16. The first kappa shape index (κ1) is 14.8. The Labute approximate surface area is 107 Å². The molecular weight excluding hydrogens is 262 g/mol. The zero-order valence-electron chi connectivity index (χ0n) is 10.5. The fourth-order valence-corrected chi connectivity index (χ4v) is 5.83. The summed E-state index contributed by atoms with van der Waals surface area (Å²) >= 11 is 1.36. The first-order valence-corrected chi connectivity index (χ1v) is 8.06. The second-order valence-electron chi connectivity index (χ2n) is 5.43. The summed E-state index contributed by atoms with van der Waals surface area (Å²) in [6.07, 6.45) is 0. The van der Waals surface area contributed by atoms with E-state index in [4.69, 9.17) is 5.11 Å². The molecule has 7 heteroatoms. The summed E-state index contributed by atoms with van der Waals surface area (Å²) in [4.78, 5) is 11.1. The molecule has 1 fully saturated rings. The predicted molar refractivity (Wildman–Crippen MR) is 68.4 cm³/mol. The fraction of sp³-hybridized carbons (Fsp3) is 0.900. The summed E-state index contributed by atoms with van der Waals surface area (Å²) in [6.45, 7) is 7.21. The Hall–Kier alpha value is -0.270. The molecule has 17 heavy (non-hydrogen) atoms. The quantitative estimate of drug-likeness (QED) is 0.841. The highest BCUT2D eigenvalue weighted by atomic mass is 32.2. The summed E-state index contributed by atoms with van der Waals surface area (Å²) in [5.41, 5.74) is -0.380. The van der Waals surface area contributed by atoms with E-state index in [2.05, 4.69) is 0 Å². The minimum absolute atomic E-state index is 0.0331. The summed E-state index contributed by atoms with van der Waals surface area (Å²) in [5, 5.41) is 8.74. The van der Waals surface area contributed by atoms with E-state index in [1.54, 1.807) is 6.92 Å². The number of rotatable bonds is 3. The number of sulfonamides is 1. The topological polar surface area (TPSA) is 74.7 Å². The molecule has 0 aromatic heterocycles. The lowest BCUT2D eigenvalue weighted by Gasteiger charge is -2.28. The monoisotopic (exact) mass is 281 g/mol. The molecule has 0 amide bonds. The summed E-state index contributed by atoms with van der Waals surface area (Å²) < 4.78 is 25.6. The Bertz CT molecular complexity index is 399. The van der Waals surface area contributed by atoms with Crippen LogP contribution >= 0.6 is 11.8 Å². The summed E-state index contributed by atoms with van der Waals surface area (Å²) in [7, 11) is -3.53. The van der Waals surface area contributed by atoms with Crippen molar-refractivity contribution >= 4 is 27.8 Å². The summed E-state index contributed by atoms with van der Waals surface area (Å²) in [5.74, 6) is -0.784. The fourth-order valence-electron chi connectivity index (χ4n) is 1.85. The van der Waals surface area contributed by atoms with Gasteiger partial charge in [-0.1, -0.05) is 20.8 Å². The first-order valence-electron chi connectivity index (χ1n) is 5.40. The van der Waals surface area contributed by atoms with Crippen molar-refractivity contribution in [3.63, 3.8) is 0 Å². The average Bonchev–Trinajstić information content (AvgIpc) is 2.42. The van der Waals surface area contributed by atoms with Gasteiger partial charge in [-0.15, -0.1) is 11.8 Å². The number of carbonyl (C=O) groups is 1. The molecule has 0 aromatic rings. The van der Waals surface area contributed by atoms with E-state index >= 15 is 0 Å². The SMILES string of the molecule is CC1SCC(C(=O)O)N1S(=O)(=O)CC(C)(C)C. The molecule has 0 radical (unpaired) electrons. The minimum atomic E-state index is -3.53. The van der Waals surface area contributed by atoms with Gasteiger partial charge in [0.1, 0.15) is 6.04 Å². The molecule has 2 unspecified atom stereocenters. The Morgan fingerprint density at radius 3 is 2.41 bits per heavy atom. The van der Waals surface area contributed by atoms with Gasteiger partial charge in [0.05, 0.1) is 11.1 Å². The third-order valence-electron chi connectivity index (χ3n) is 2.38. The lowest BCUT2D eigenvalue weighted by Crippen LogP contribution is -2.47. The highest BCUT2D eigenvalue weighted by Gasteiger charge is 2.44. The van der Waals surface area contributed by atoms with Crippen LogP contribution in [0, 0.1) is 5.41 Å². The van der Waals surface area contributed by atoms with Crippen LogP contribution in [-0.2, 0) is 14.8 Å². The normalized spacial score (nSPS) is 27.3. The second kappa shape index (κ2) is 4.78. The molecule has 0 spiro atoms. The molecule has 1 aliphatic rings. The zero-order chi connectivity index (χ0) is 13.4. The highest BCUT2D eigenvalue weighted by Crippen LogP contribution is 2.33. The van der Waals surface area contributed by atoms with Crippen LogP contribution in [0.5, 0.6) is 0 Å². The Balaban J connectivity index is 3.00. The highest BCUT2D eigenvalue weighted by molar-refractivity contribution is 8.01. The van der Waals surface area contributed by atoms with Crippen LogP contribution in [0.2, 0.25) is 0 Å². The standard InChI is InChI=1S/C10H19NO4S2/c1-7-11(8(5-16-7)9(12)13)17(14,15)6-10(2,3)4/h7-8H,5-6H2,1-4H3,(H,12,13). The van der Waals surface area contributed by atoms with Crippen molar-refractivity contribution in [2.24, 2.45) is 5.41 Å². The third-order valence-corrected chi connectivity index (χ3v) is 6.18. The molecule has 2 atom stereocenters. The molecule has 1 N–H and O–H groups in total. The number of nitrogens with zero attached hydrogens (tertiary/aromatic N) is 1. The lowest BCUT2D eigenvalue weighted by atomic mass is 10.0. The van der Waals surface area contributed by atoms with E-state index in [9.17, 15) is 13.2 Å². The van der Waals surface area contributed by atoms with Gasteiger partial charge in [0.15, 0.2) is 0 Å².